The Balaban J connectivity index is 2.51. The average Bonchev–Trinajstić information content (AvgIpc) is 2.15. The number of carbonyl (C=O) groups excluding carboxylic acids is 1. The van der Waals surface area contributed by atoms with Crippen molar-refractivity contribution in [1.29, 1.82) is 0 Å². The molecule has 0 bridgehead atoms. The molecule has 0 aromatic heterocycles. The maximum atomic E-state index is 12.0. The lowest BCUT2D eigenvalue weighted by Crippen LogP contribution is -2.45. The van der Waals surface area contributed by atoms with Crippen LogP contribution in [0.15, 0.2) is 0 Å². The molecule has 0 aliphatic carbocycles. The van der Waals surface area contributed by atoms with Gasteiger partial charge in [0.1, 0.15) is 0 Å². The number of likely N-dealkylation sites (tertiary alicyclic amines) is 1. The van der Waals surface area contributed by atoms with Crippen molar-refractivity contribution < 1.29 is 4.79 Å². The molecule has 0 spiro atoms. The fourth-order valence-corrected chi connectivity index (χ4v) is 2.08. The summed E-state index contributed by atoms with van der Waals surface area (Å²) in [6, 6.07) is 0. The predicted molar refractivity (Wildman–Crippen MR) is 65.5 cm³/mol. The van der Waals surface area contributed by atoms with E-state index in [0.29, 0.717) is 10.9 Å². The van der Waals surface area contributed by atoms with Crippen molar-refractivity contribution in [3.63, 3.8) is 0 Å². The number of rotatable bonds is 1. The first-order chi connectivity index (χ1) is 6.82. The molecule has 0 saturated carbocycles. The van der Waals surface area contributed by atoms with E-state index in [0.717, 1.165) is 25.9 Å². The molecule has 3 nitrogen and oxygen atoms in total. The lowest BCUT2D eigenvalue weighted by atomic mass is 9.91. The first-order valence-corrected chi connectivity index (χ1v) is 5.82. The molecule has 2 N–H and O–H groups in total. The SMILES string of the molecule is CC(C)(C)C(=O)N1CCC(C(N)=S)CC1. The molecule has 0 unspecified atom stereocenters. The van der Waals surface area contributed by atoms with Crippen LogP contribution in [0.5, 0.6) is 0 Å². The average molecular weight is 228 g/mol. The fraction of sp³-hybridized carbons (Fsp3) is 0.818. The smallest absolute Gasteiger partial charge is 0.227 e. The van der Waals surface area contributed by atoms with Crippen LogP contribution in [-0.4, -0.2) is 28.9 Å². The van der Waals surface area contributed by atoms with E-state index in [1.165, 1.54) is 0 Å². The van der Waals surface area contributed by atoms with Crippen LogP contribution >= 0.6 is 12.2 Å². The summed E-state index contributed by atoms with van der Waals surface area (Å²) in [4.78, 5) is 14.5. The van der Waals surface area contributed by atoms with E-state index in [1.54, 1.807) is 0 Å². The number of hydrogen-bond acceptors (Lipinski definition) is 2. The van der Waals surface area contributed by atoms with Crippen molar-refractivity contribution in [3.05, 3.63) is 0 Å². The molecule has 1 amide bonds. The van der Waals surface area contributed by atoms with Gasteiger partial charge in [-0.2, -0.15) is 0 Å². The third-order valence-electron chi connectivity index (χ3n) is 2.83. The highest BCUT2D eigenvalue weighted by Crippen LogP contribution is 2.23. The molecule has 1 fully saturated rings. The van der Waals surface area contributed by atoms with E-state index < -0.39 is 0 Å². The topological polar surface area (TPSA) is 46.3 Å². The van der Waals surface area contributed by atoms with Gasteiger partial charge in [-0.25, -0.2) is 0 Å². The summed E-state index contributed by atoms with van der Waals surface area (Å²) >= 11 is 4.97. The molecular weight excluding hydrogens is 208 g/mol. The standard InChI is InChI=1S/C11H20N2OS/c1-11(2,3)10(14)13-6-4-8(5-7-13)9(12)15/h8H,4-7H2,1-3H3,(H2,12,15). The molecular formula is C11H20N2OS. The molecule has 15 heavy (non-hydrogen) atoms. The van der Waals surface area contributed by atoms with Gasteiger partial charge >= 0.3 is 0 Å². The molecule has 1 aliphatic rings. The summed E-state index contributed by atoms with van der Waals surface area (Å²) in [6.45, 7) is 7.44. The van der Waals surface area contributed by atoms with Crippen molar-refractivity contribution in [2.75, 3.05) is 13.1 Å². The summed E-state index contributed by atoms with van der Waals surface area (Å²) in [5.74, 6) is 0.549. The second kappa shape index (κ2) is 4.47. The molecule has 1 rings (SSSR count). The van der Waals surface area contributed by atoms with Gasteiger partial charge in [0.25, 0.3) is 0 Å². The van der Waals surface area contributed by atoms with Crippen LogP contribution in [-0.2, 0) is 4.79 Å². The lowest BCUT2D eigenvalue weighted by molar-refractivity contribution is -0.140. The van der Waals surface area contributed by atoms with Gasteiger partial charge in [-0.3, -0.25) is 4.79 Å². The van der Waals surface area contributed by atoms with Gasteiger partial charge in [-0.15, -0.1) is 0 Å². The van der Waals surface area contributed by atoms with Crippen molar-refractivity contribution in [2.45, 2.75) is 33.6 Å². The Morgan fingerprint density at radius 2 is 1.80 bits per heavy atom. The van der Waals surface area contributed by atoms with Crippen molar-refractivity contribution in [2.24, 2.45) is 17.1 Å². The Morgan fingerprint density at radius 1 is 1.33 bits per heavy atom. The second-order valence-electron chi connectivity index (χ2n) is 5.22. The number of carbonyl (C=O) groups is 1. The maximum absolute atomic E-state index is 12.0. The Morgan fingerprint density at radius 3 is 2.13 bits per heavy atom. The van der Waals surface area contributed by atoms with Crippen LogP contribution in [0, 0.1) is 11.3 Å². The third-order valence-corrected chi connectivity index (χ3v) is 3.16. The van der Waals surface area contributed by atoms with E-state index in [1.807, 2.05) is 25.7 Å². The molecule has 1 saturated heterocycles. The minimum atomic E-state index is -0.282. The summed E-state index contributed by atoms with van der Waals surface area (Å²) in [7, 11) is 0. The zero-order valence-electron chi connectivity index (χ0n) is 9.75. The van der Waals surface area contributed by atoms with Crippen LogP contribution in [0.25, 0.3) is 0 Å². The predicted octanol–water partition coefficient (Wildman–Crippen LogP) is 1.56. The van der Waals surface area contributed by atoms with Crippen LogP contribution in [0.4, 0.5) is 0 Å². The fourth-order valence-electron chi connectivity index (χ4n) is 1.84. The Labute approximate surface area is 97.0 Å². The first-order valence-electron chi connectivity index (χ1n) is 5.41. The van der Waals surface area contributed by atoms with E-state index in [-0.39, 0.29) is 11.3 Å². The minimum Gasteiger partial charge on any atom is -0.393 e. The van der Waals surface area contributed by atoms with E-state index in [9.17, 15) is 4.79 Å². The largest absolute Gasteiger partial charge is 0.393 e. The molecule has 0 aromatic carbocycles. The van der Waals surface area contributed by atoms with Gasteiger partial charge in [0, 0.05) is 24.4 Å². The van der Waals surface area contributed by atoms with Gasteiger partial charge in [0.05, 0.1) is 4.99 Å². The quantitative estimate of drug-likeness (QED) is 0.693. The summed E-state index contributed by atoms with van der Waals surface area (Å²) in [5.41, 5.74) is 5.32. The normalized spacial score (nSPS) is 19.0. The number of nitrogens with two attached hydrogens (primary N) is 1. The van der Waals surface area contributed by atoms with Gasteiger partial charge in [-0.1, -0.05) is 33.0 Å². The van der Waals surface area contributed by atoms with E-state index >= 15 is 0 Å². The molecule has 86 valence electrons. The number of hydrogen-bond donors (Lipinski definition) is 1. The van der Waals surface area contributed by atoms with Gasteiger partial charge < -0.3 is 10.6 Å². The maximum Gasteiger partial charge on any atom is 0.227 e. The Hall–Kier alpha value is -0.640. The highest BCUT2D eigenvalue weighted by atomic mass is 32.1. The Kier molecular flexibility index (Phi) is 3.71. The molecule has 0 atom stereocenters. The molecule has 0 radical (unpaired) electrons. The molecule has 1 aliphatic heterocycles. The monoisotopic (exact) mass is 228 g/mol. The van der Waals surface area contributed by atoms with Gasteiger partial charge in [0.2, 0.25) is 5.91 Å². The van der Waals surface area contributed by atoms with Crippen LogP contribution in [0.3, 0.4) is 0 Å². The zero-order chi connectivity index (χ0) is 11.6. The molecule has 0 aromatic rings. The van der Waals surface area contributed by atoms with Gasteiger partial charge in [0.15, 0.2) is 0 Å². The number of amides is 1. The lowest BCUT2D eigenvalue weighted by Gasteiger charge is -2.35. The number of thiocarbonyl (C=S) groups is 1. The van der Waals surface area contributed by atoms with Crippen molar-refractivity contribution >= 4 is 23.1 Å². The van der Waals surface area contributed by atoms with E-state index in [4.69, 9.17) is 18.0 Å². The van der Waals surface area contributed by atoms with Crippen molar-refractivity contribution in [1.82, 2.24) is 4.90 Å². The summed E-state index contributed by atoms with van der Waals surface area (Å²) < 4.78 is 0. The Bertz CT molecular complexity index is 262. The summed E-state index contributed by atoms with van der Waals surface area (Å²) in [5, 5.41) is 0. The molecule has 4 heteroatoms. The summed E-state index contributed by atoms with van der Waals surface area (Å²) in [6.07, 6.45) is 1.83. The zero-order valence-corrected chi connectivity index (χ0v) is 10.6. The van der Waals surface area contributed by atoms with Crippen LogP contribution < -0.4 is 5.73 Å². The van der Waals surface area contributed by atoms with Gasteiger partial charge in [-0.05, 0) is 12.8 Å². The molecule has 1 heterocycles. The van der Waals surface area contributed by atoms with Crippen LogP contribution in [0.2, 0.25) is 0 Å². The highest BCUT2D eigenvalue weighted by molar-refractivity contribution is 7.80. The minimum absolute atomic E-state index is 0.226. The van der Waals surface area contributed by atoms with Crippen molar-refractivity contribution in [3.8, 4) is 0 Å². The van der Waals surface area contributed by atoms with Crippen LogP contribution in [0.1, 0.15) is 33.6 Å². The van der Waals surface area contributed by atoms with E-state index in [2.05, 4.69) is 0 Å². The second-order valence-corrected chi connectivity index (χ2v) is 5.69. The highest BCUT2D eigenvalue weighted by Gasteiger charge is 2.30. The first kappa shape index (κ1) is 12.4. The third kappa shape index (κ3) is 3.16. The number of piperidine rings is 1. The number of nitrogens with zero attached hydrogens (tertiary/aromatic N) is 1.